The second kappa shape index (κ2) is 3.54. The first-order chi connectivity index (χ1) is 7.22. The van der Waals surface area contributed by atoms with Crippen LogP contribution in [0.2, 0.25) is 0 Å². The molecule has 2 rings (SSSR count). The van der Waals surface area contributed by atoms with E-state index in [9.17, 15) is 4.79 Å². The molecule has 4 heteroatoms. The predicted molar refractivity (Wildman–Crippen MR) is 55.3 cm³/mol. The summed E-state index contributed by atoms with van der Waals surface area (Å²) in [7, 11) is 1.85. The van der Waals surface area contributed by atoms with Crippen LogP contribution in [0, 0.1) is 11.3 Å². The van der Waals surface area contributed by atoms with E-state index in [0.717, 1.165) is 10.9 Å². The highest BCUT2D eigenvalue weighted by Crippen LogP contribution is 2.15. The molecule has 0 fully saturated rings. The number of benzene rings is 1. The number of nitrogens with zero attached hydrogens (tertiary/aromatic N) is 3. The fourth-order valence-corrected chi connectivity index (χ4v) is 1.51. The van der Waals surface area contributed by atoms with Crippen LogP contribution in [0.1, 0.15) is 16.8 Å². The lowest BCUT2D eigenvalue weighted by Crippen LogP contribution is -1.97. The number of carbonyl (C=O) groups excluding carboxylic acids is 1. The quantitative estimate of drug-likeness (QED) is 0.691. The van der Waals surface area contributed by atoms with Gasteiger partial charge in [0.15, 0.2) is 5.78 Å². The minimum Gasteiger partial charge on any atom is -0.293 e. The highest BCUT2D eigenvalue weighted by atomic mass is 16.1. The van der Waals surface area contributed by atoms with Crippen LogP contribution < -0.4 is 0 Å². The average molecular weight is 199 g/mol. The zero-order chi connectivity index (χ0) is 10.8. The Hall–Kier alpha value is -2.15. The fraction of sp³-hybridized carbons (Fsp3) is 0.182. The maximum absolute atomic E-state index is 11.4. The zero-order valence-electron chi connectivity index (χ0n) is 8.27. The van der Waals surface area contributed by atoms with Crippen LogP contribution in [0.5, 0.6) is 0 Å². The van der Waals surface area contributed by atoms with Crippen molar-refractivity contribution in [3.05, 3.63) is 30.0 Å². The molecule has 1 aromatic heterocycles. The summed E-state index contributed by atoms with van der Waals surface area (Å²) in [5.41, 5.74) is 1.54. The lowest BCUT2D eigenvalue weighted by Gasteiger charge is -1.97. The first-order valence-corrected chi connectivity index (χ1v) is 4.54. The molecule has 0 amide bonds. The molecule has 2 aromatic rings. The minimum atomic E-state index is -0.150. The molecule has 0 aliphatic rings. The van der Waals surface area contributed by atoms with E-state index in [1.807, 2.05) is 19.2 Å². The lowest BCUT2D eigenvalue weighted by molar-refractivity contribution is 0.0998. The van der Waals surface area contributed by atoms with Crippen molar-refractivity contribution in [2.75, 3.05) is 0 Å². The van der Waals surface area contributed by atoms with E-state index in [1.165, 1.54) is 0 Å². The molecule has 0 unspecified atom stereocenters. The van der Waals surface area contributed by atoms with Gasteiger partial charge in [0.1, 0.15) is 0 Å². The molecular formula is C11H9N3O. The van der Waals surface area contributed by atoms with Gasteiger partial charge in [0, 0.05) is 18.0 Å². The molecule has 0 N–H and O–H groups in total. The SMILES string of the molecule is Cn1ncc2cc(C(=O)CC#N)ccc21. The molecule has 0 bridgehead atoms. The maximum Gasteiger partial charge on any atom is 0.176 e. The molecule has 15 heavy (non-hydrogen) atoms. The molecule has 74 valence electrons. The third-order valence-electron chi connectivity index (χ3n) is 2.31. The van der Waals surface area contributed by atoms with Crippen LogP contribution in [0.3, 0.4) is 0 Å². The first-order valence-electron chi connectivity index (χ1n) is 4.54. The van der Waals surface area contributed by atoms with Crippen molar-refractivity contribution in [3.8, 4) is 6.07 Å². The Balaban J connectivity index is 2.48. The predicted octanol–water partition coefficient (Wildman–Crippen LogP) is 1.67. The van der Waals surface area contributed by atoms with Gasteiger partial charge in [-0.2, -0.15) is 10.4 Å². The number of Topliss-reactive ketones (excluding diaryl/α,β-unsaturated/α-hetero) is 1. The van der Waals surface area contributed by atoms with Gasteiger partial charge in [-0.1, -0.05) is 0 Å². The lowest BCUT2D eigenvalue weighted by atomic mass is 10.1. The highest BCUT2D eigenvalue weighted by Gasteiger charge is 2.07. The van der Waals surface area contributed by atoms with Crippen LogP contribution in [-0.2, 0) is 7.05 Å². The van der Waals surface area contributed by atoms with Crippen LogP contribution >= 0.6 is 0 Å². The van der Waals surface area contributed by atoms with Crippen molar-refractivity contribution in [2.45, 2.75) is 6.42 Å². The Bertz CT molecular complexity index is 563. The van der Waals surface area contributed by atoms with Gasteiger partial charge in [-0.25, -0.2) is 0 Å². The first kappa shape index (κ1) is 9.41. The zero-order valence-corrected chi connectivity index (χ0v) is 8.27. The smallest absolute Gasteiger partial charge is 0.176 e. The normalized spacial score (nSPS) is 10.1. The third kappa shape index (κ3) is 1.59. The van der Waals surface area contributed by atoms with Crippen molar-refractivity contribution in [2.24, 2.45) is 7.05 Å². The fourth-order valence-electron chi connectivity index (χ4n) is 1.51. The molecule has 0 radical (unpaired) electrons. The van der Waals surface area contributed by atoms with E-state index < -0.39 is 0 Å². The van der Waals surface area contributed by atoms with Crippen molar-refractivity contribution in [1.82, 2.24) is 9.78 Å². The van der Waals surface area contributed by atoms with E-state index >= 15 is 0 Å². The van der Waals surface area contributed by atoms with Gasteiger partial charge in [-0.05, 0) is 18.2 Å². The highest BCUT2D eigenvalue weighted by molar-refractivity contribution is 6.00. The second-order valence-electron chi connectivity index (χ2n) is 3.30. The van der Waals surface area contributed by atoms with Crippen LogP contribution in [-0.4, -0.2) is 15.6 Å². The minimum absolute atomic E-state index is 0.0776. The van der Waals surface area contributed by atoms with E-state index in [-0.39, 0.29) is 12.2 Å². The summed E-state index contributed by atoms with van der Waals surface area (Å²) in [6.07, 6.45) is 1.63. The van der Waals surface area contributed by atoms with Gasteiger partial charge < -0.3 is 0 Å². The summed E-state index contributed by atoms with van der Waals surface area (Å²) in [5, 5.41) is 13.4. The Labute approximate surface area is 86.7 Å². The van der Waals surface area contributed by atoms with E-state index in [2.05, 4.69) is 5.10 Å². The van der Waals surface area contributed by atoms with Gasteiger partial charge in [0.2, 0.25) is 0 Å². The molecule has 0 aliphatic heterocycles. The Morgan fingerprint density at radius 1 is 1.60 bits per heavy atom. The molecule has 0 saturated heterocycles. The number of aryl methyl sites for hydroxylation is 1. The van der Waals surface area contributed by atoms with Crippen molar-refractivity contribution < 1.29 is 4.79 Å². The molecule has 0 spiro atoms. The van der Waals surface area contributed by atoms with Crippen LogP contribution in [0.25, 0.3) is 10.9 Å². The maximum atomic E-state index is 11.4. The topological polar surface area (TPSA) is 58.7 Å². The Morgan fingerprint density at radius 2 is 2.40 bits per heavy atom. The number of rotatable bonds is 2. The molecule has 1 heterocycles. The molecule has 1 aromatic carbocycles. The molecule has 0 saturated carbocycles. The number of fused-ring (bicyclic) bond motifs is 1. The number of carbonyl (C=O) groups is 1. The number of hydrogen-bond acceptors (Lipinski definition) is 3. The van der Waals surface area contributed by atoms with E-state index in [1.54, 1.807) is 23.0 Å². The van der Waals surface area contributed by atoms with Crippen LogP contribution in [0.4, 0.5) is 0 Å². The van der Waals surface area contributed by atoms with Gasteiger partial charge in [-0.3, -0.25) is 9.48 Å². The van der Waals surface area contributed by atoms with Crippen molar-refractivity contribution >= 4 is 16.7 Å². The molecule has 0 atom stereocenters. The monoisotopic (exact) mass is 199 g/mol. The molecule has 4 nitrogen and oxygen atoms in total. The summed E-state index contributed by atoms with van der Waals surface area (Å²) >= 11 is 0. The summed E-state index contributed by atoms with van der Waals surface area (Å²) < 4.78 is 1.74. The average Bonchev–Trinajstić information content (AvgIpc) is 2.60. The van der Waals surface area contributed by atoms with E-state index in [0.29, 0.717) is 5.56 Å². The number of ketones is 1. The largest absolute Gasteiger partial charge is 0.293 e. The van der Waals surface area contributed by atoms with Crippen molar-refractivity contribution in [1.29, 1.82) is 5.26 Å². The summed E-state index contributed by atoms with van der Waals surface area (Å²) in [6.45, 7) is 0. The third-order valence-corrected chi connectivity index (χ3v) is 2.31. The summed E-state index contributed by atoms with van der Waals surface area (Å²) in [5.74, 6) is -0.150. The van der Waals surface area contributed by atoms with Crippen LogP contribution in [0.15, 0.2) is 24.4 Å². The second-order valence-corrected chi connectivity index (χ2v) is 3.30. The van der Waals surface area contributed by atoms with Crippen molar-refractivity contribution in [3.63, 3.8) is 0 Å². The standard InChI is InChI=1S/C11H9N3O/c1-14-10-3-2-8(11(15)4-5-12)6-9(10)7-13-14/h2-3,6-7H,4H2,1H3. The van der Waals surface area contributed by atoms with Gasteiger partial charge in [0.25, 0.3) is 0 Å². The number of nitriles is 1. The molecule has 0 aliphatic carbocycles. The molecular weight excluding hydrogens is 190 g/mol. The Morgan fingerprint density at radius 3 is 3.13 bits per heavy atom. The summed E-state index contributed by atoms with van der Waals surface area (Å²) in [6, 6.07) is 7.18. The van der Waals surface area contributed by atoms with Gasteiger partial charge in [0.05, 0.1) is 24.2 Å². The number of aromatic nitrogens is 2. The van der Waals surface area contributed by atoms with Gasteiger partial charge >= 0.3 is 0 Å². The van der Waals surface area contributed by atoms with E-state index in [4.69, 9.17) is 5.26 Å². The number of hydrogen-bond donors (Lipinski definition) is 0. The summed E-state index contributed by atoms with van der Waals surface area (Å²) in [4.78, 5) is 11.4. The Kier molecular flexibility index (Phi) is 2.22. The van der Waals surface area contributed by atoms with Gasteiger partial charge in [-0.15, -0.1) is 0 Å².